The number of carbonyl (C=O) groups excluding carboxylic acids is 2. The van der Waals surface area contributed by atoms with E-state index in [4.69, 9.17) is 23.4 Å². The van der Waals surface area contributed by atoms with Crippen LogP contribution in [-0.4, -0.2) is 32.6 Å². The van der Waals surface area contributed by atoms with Crippen molar-refractivity contribution < 1.29 is 33.0 Å². The SMILES string of the molecule is CCOc1ccc2oc(C)c(C(=O)Oc3ccc(C(=O)C=Cc4ccc(OC)cc4OC)cc3)c2c1. The van der Waals surface area contributed by atoms with Crippen LogP contribution in [0.4, 0.5) is 0 Å². The molecule has 0 aliphatic rings. The highest BCUT2D eigenvalue weighted by Crippen LogP contribution is 2.30. The van der Waals surface area contributed by atoms with E-state index in [0.717, 1.165) is 5.56 Å². The summed E-state index contributed by atoms with van der Waals surface area (Å²) in [7, 11) is 3.13. The van der Waals surface area contributed by atoms with Crippen molar-refractivity contribution in [1.82, 2.24) is 0 Å². The van der Waals surface area contributed by atoms with Gasteiger partial charge >= 0.3 is 5.97 Å². The zero-order valence-electron chi connectivity index (χ0n) is 20.5. The van der Waals surface area contributed by atoms with Gasteiger partial charge in [-0.05, 0) is 80.6 Å². The van der Waals surface area contributed by atoms with Gasteiger partial charge in [-0.15, -0.1) is 0 Å². The molecule has 36 heavy (non-hydrogen) atoms. The van der Waals surface area contributed by atoms with Crippen LogP contribution in [0.25, 0.3) is 17.0 Å². The number of fused-ring (bicyclic) bond motifs is 1. The van der Waals surface area contributed by atoms with Gasteiger partial charge in [0.05, 0.1) is 20.8 Å². The van der Waals surface area contributed by atoms with Gasteiger partial charge in [-0.3, -0.25) is 4.79 Å². The summed E-state index contributed by atoms with van der Waals surface area (Å²) < 4.78 is 27.4. The summed E-state index contributed by atoms with van der Waals surface area (Å²) in [6, 6.07) is 17.0. The quantitative estimate of drug-likeness (QED) is 0.119. The van der Waals surface area contributed by atoms with E-state index in [2.05, 4.69) is 0 Å². The number of hydrogen-bond acceptors (Lipinski definition) is 7. The first-order valence-electron chi connectivity index (χ1n) is 11.4. The van der Waals surface area contributed by atoms with Crippen LogP contribution < -0.4 is 18.9 Å². The summed E-state index contributed by atoms with van der Waals surface area (Å²) in [5.74, 6) is 1.91. The Morgan fingerprint density at radius 3 is 2.31 bits per heavy atom. The van der Waals surface area contributed by atoms with E-state index < -0.39 is 5.97 Å². The number of furan rings is 1. The molecule has 0 unspecified atom stereocenters. The van der Waals surface area contributed by atoms with E-state index >= 15 is 0 Å². The molecule has 3 aromatic carbocycles. The van der Waals surface area contributed by atoms with Crippen molar-refractivity contribution in [3.63, 3.8) is 0 Å². The highest BCUT2D eigenvalue weighted by molar-refractivity contribution is 6.07. The smallest absolute Gasteiger partial charge is 0.347 e. The van der Waals surface area contributed by atoms with Crippen molar-refractivity contribution in [1.29, 1.82) is 0 Å². The molecule has 0 saturated carbocycles. The largest absolute Gasteiger partial charge is 0.497 e. The summed E-state index contributed by atoms with van der Waals surface area (Å²) in [5.41, 5.74) is 2.10. The lowest BCUT2D eigenvalue weighted by Crippen LogP contribution is -2.09. The van der Waals surface area contributed by atoms with Crippen molar-refractivity contribution in [3.8, 4) is 23.0 Å². The molecule has 0 saturated heterocycles. The fourth-order valence-electron chi connectivity index (χ4n) is 3.77. The molecule has 4 aromatic rings. The molecule has 0 aliphatic carbocycles. The third-order valence-corrected chi connectivity index (χ3v) is 5.55. The van der Waals surface area contributed by atoms with Crippen LogP contribution in [0.3, 0.4) is 0 Å². The first kappa shape index (κ1) is 24.6. The highest BCUT2D eigenvalue weighted by Gasteiger charge is 2.21. The van der Waals surface area contributed by atoms with Crippen LogP contribution in [0.15, 0.2) is 71.2 Å². The number of esters is 1. The molecular weight excluding hydrogens is 460 g/mol. The second-order valence-electron chi connectivity index (χ2n) is 7.84. The lowest BCUT2D eigenvalue weighted by molar-refractivity contribution is 0.0734. The Bertz CT molecular complexity index is 1430. The van der Waals surface area contributed by atoms with Crippen LogP contribution in [-0.2, 0) is 0 Å². The number of rotatable bonds is 9. The van der Waals surface area contributed by atoms with E-state index in [-0.39, 0.29) is 5.78 Å². The minimum Gasteiger partial charge on any atom is -0.497 e. The predicted octanol–water partition coefficient (Wildman–Crippen LogP) is 6.27. The zero-order chi connectivity index (χ0) is 25.7. The molecule has 0 aliphatic heterocycles. The fraction of sp³-hybridized carbons (Fsp3) is 0.172. The Labute approximate surface area is 208 Å². The maximum atomic E-state index is 12.9. The highest BCUT2D eigenvalue weighted by atomic mass is 16.5. The molecule has 0 N–H and O–H groups in total. The first-order chi connectivity index (χ1) is 17.4. The van der Waals surface area contributed by atoms with Crippen LogP contribution in [0.5, 0.6) is 23.0 Å². The average molecular weight is 487 g/mol. The molecule has 0 radical (unpaired) electrons. The third kappa shape index (κ3) is 5.25. The van der Waals surface area contributed by atoms with Crippen molar-refractivity contribution in [2.45, 2.75) is 13.8 Å². The maximum absolute atomic E-state index is 12.9. The monoisotopic (exact) mass is 486 g/mol. The van der Waals surface area contributed by atoms with Gasteiger partial charge in [0.2, 0.25) is 0 Å². The second kappa shape index (κ2) is 10.8. The molecule has 0 amide bonds. The number of ketones is 1. The predicted molar refractivity (Wildman–Crippen MR) is 136 cm³/mol. The van der Waals surface area contributed by atoms with E-state index in [1.165, 1.54) is 6.08 Å². The molecule has 0 atom stereocenters. The molecule has 1 aromatic heterocycles. The van der Waals surface area contributed by atoms with E-state index in [1.807, 2.05) is 13.0 Å². The Kier molecular flexibility index (Phi) is 7.39. The molecule has 0 spiro atoms. The summed E-state index contributed by atoms with van der Waals surface area (Å²) in [4.78, 5) is 25.6. The third-order valence-electron chi connectivity index (χ3n) is 5.55. The Morgan fingerprint density at radius 2 is 1.61 bits per heavy atom. The van der Waals surface area contributed by atoms with Crippen LogP contribution >= 0.6 is 0 Å². The van der Waals surface area contributed by atoms with Gasteiger partial charge in [-0.2, -0.15) is 0 Å². The number of benzene rings is 3. The van der Waals surface area contributed by atoms with Crippen LogP contribution in [0.1, 0.15) is 39.0 Å². The Morgan fingerprint density at radius 1 is 0.889 bits per heavy atom. The standard InChI is InChI=1S/C29H26O7/c1-5-34-23-13-15-26-24(16-23)28(18(2)35-26)29(31)36-21-10-6-19(7-11-21)25(30)14-9-20-8-12-22(32-3)17-27(20)33-4/h6-17H,5H2,1-4H3. The number of aryl methyl sites for hydroxylation is 1. The molecule has 4 rings (SSSR count). The normalized spacial score (nSPS) is 11.0. The summed E-state index contributed by atoms with van der Waals surface area (Å²) in [5, 5.41) is 0.620. The lowest BCUT2D eigenvalue weighted by Gasteiger charge is -2.07. The molecule has 7 heteroatoms. The van der Waals surface area contributed by atoms with Gasteiger partial charge in [0.25, 0.3) is 0 Å². The Balaban J connectivity index is 1.48. The van der Waals surface area contributed by atoms with Gasteiger partial charge in [0.15, 0.2) is 5.78 Å². The first-order valence-corrected chi connectivity index (χ1v) is 11.4. The number of ether oxygens (including phenoxy) is 4. The van der Waals surface area contributed by atoms with E-state index in [9.17, 15) is 9.59 Å². The second-order valence-corrected chi connectivity index (χ2v) is 7.84. The van der Waals surface area contributed by atoms with Crippen LogP contribution in [0, 0.1) is 6.92 Å². The zero-order valence-corrected chi connectivity index (χ0v) is 20.5. The van der Waals surface area contributed by atoms with E-state index in [0.29, 0.717) is 57.5 Å². The van der Waals surface area contributed by atoms with Gasteiger partial charge in [0.1, 0.15) is 39.9 Å². The van der Waals surface area contributed by atoms with Gasteiger partial charge in [0, 0.05) is 22.6 Å². The summed E-state index contributed by atoms with van der Waals surface area (Å²) >= 11 is 0. The number of hydrogen-bond donors (Lipinski definition) is 0. The minimum atomic E-state index is -0.550. The number of methoxy groups -OCH3 is 2. The lowest BCUT2D eigenvalue weighted by atomic mass is 10.1. The van der Waals surface area contributed by atoms with Crippen molar-refractivity contribution in [3.05, 3.63) is 89.2 Å². The summed E-state index contributed by atoms with van der Waals surface area (Å²) in [6.45, 7) is 4.11. The Hall–Kier alpha value is -4.52. The van der Waals surface area contributed by atoms with Crippen molar-refractivity contribution in [2.24, 2.45) is 0 Å². The van der Waals surface area contributed by atoms with Crippen molar-refractivity contribution in [2.75, 3.05) is 20.8 Å². The van der Waals surface area contributed by atoms with Crippen molar-refractivity contribution >= 4 is 28.8 Å². The molecule has 7 nitrogen and oxygen atoms in total. The summed E-state index contributed by atoms with van der Waals surface area (Å²) in [6.07, 6.45) is 3.14. The van der Waals surface area contributed by atoms with E-state index in [1.54, 1.807) is 81.8 Å². The number of allylic oxidation sites excluding steroid dienone is 1. The molecule has 0 bridgehead atoms. The molecule has 184 valence electrons. The number of carbonyl (C=O) groups is 2. The fourth-order valence-corrected chi connectivity index (χ4v) is 3.77. The van der Waals surface area contributed by atoms with Crippen LogP contribution in [0.2, 0.25) is 0 Å². The van der Waals surface area contributed by atoms with Gasteiger partial charge < -0.3 is 23.4 Å². The maximum Gasteiger partial charge on any atom is 0.347 e. The molecule has 1 heterocycles. The topological polar surface area (TPSA) is 84.2 Å². The van der Waals surface area contributed by atoms with Gasteiger partial charge in [-0.25, -0.2) is 4.79 Å². The molecule has 0 fully saturated rings. The average Bonchev–Trinajstić information content (AvgIpc) is 3.22. The molecular formula is C29H26O7. The van der Waals surface area contributed by atoms with Gasteiger partial charge in [-0.1, -0.05) is 0 Å². The minimum absolute atomic E-state index is 0.203.